The summed E-state index contributed by atoms with van der Waals surface area (Å²) in [7, 11) is 0. The molecule has 1 atom stereocenters. The van der Waals surface area contributed by atoms with Gasteiger partial charge in [-0.15, -0.1) is 5.10 Å². The van der Waals surface area contributed by atoms with Crippen molar-refractivity contribution in [2.45, 2.75) is 37.6 Å². The number of benzene rings is 1. The van der Waals surface area contributed by atoms with Gasteiger partial charge in [0.1, 0.15) is 12.7 Å². The van der Waals surface area contributed by atoms with E-state index in [1.54, 1.807) is 4.68 Å². The zero-order chi connectivity index (χ0) is 17.9. The first-order chi connectivity index (χ1) is 11.9. The van der Waals surface area contributed by atoms with Crippen molar-refractivity contribution in [3.05, 3.63) is 24.3 Å². The van der Waals surface area contributed by atoms with Gasteiger partial charge in [0.25, 0.3) is 0 Å². The summed E-state index contributed by atoms with van der Waals surface area (Å²) in [6, 6.07) is 7.50. The molecule has 25 heavy (non-hydrogen) atoms. The number of nitrogens with one attached hydrogen (secondary N) is 1. The summed E-state index contributed by atoms with van der Waals surface area (Å²) in [5.41, 5.74) is -0.233. The molecule has 9 heteroatoms. The highest BCUT2D eigenvalue weighted by molar-refractivity contribution is 7.99. The summed E-state index contributed by atoms with van der Waals surface area (Å²) in [6.07, 6.45) is -0.205. The van der Waals surface area contributed by atoms with E-state index in [1.807, 2.05) is 45.0 Å². The van der Waals surface area contributed by atoms with Crippen molar-refractivity contribution in [1.29, 1.82) is 0 Å². The number of fused-ring (bicyclic) bond motifs is 1. The molecule has 1 aromatic carbocycles. The summed E-state index contributed by atoms with van der Waals surface area (Å²) in [6.45, 7) is 6.81. The Morgan fingerprint density at radius 3 is 2.88 bits per heavy atom. The van der Waals surface area contributed by atoms with Gasteiger partial charge in [0, 0.05) is 0 Å². The number of rotatable bonds is 5. The van der Waals surface area contributed by atoms with Crippen LogP contribution in [0.1, 0.15) is 20.8 Å². The summed E-state index contributed by atoms with van der Waals surface area (Å²) in [5.74, 6) is 1.57. The first kappa shape index (κ1) is 17.5. The molecular weight excluding hydrogens is 342 g/mol. The third-order valence-electron chi connectivity index (χ3n) is 3.50. The van der Waals surface area contributed by atoms with Gasteiger partial charge in [-0.05, 0) is 43.3 Å². The Balaban J connectivity index is 1.46. The molecule has 0 bridgehead atoms. The molecule has 1 aromatic heterocycles. The maximum atomic E-state index is 12.1. The number of hydrogen-bond acceptors (Lipinski definition) is 7. The Bertz CT molecular complexity index is 743. The van der Waals surface area contributed by atoms with Crippen LogP contribution in [-0.4, -0.2) is 51.1 Å². The van der Waals surface area contributed by atoms with Crippen molar-refractivity contribution in [2.24, 2.45) is 0 Å². The molecule has 1 aliphatic rings. The number of amides is 1. The lowest BCUT2D eigenvalue weighted by atomic mass is 10.1. The standard InChI is InChI=1S/C16H21N5O3S/c1-16(2,3)21-15(18-19-20-21)25-10-14(22)17-8-11-9-23-12-6-4-5-7-13(12)24-11/h4-7,11H,8-10H2,1-3H3,(H,17,22). The van der Waals surface area contributed by atoms with E-state index in [9.17, 15) is 4.79 Å². The molecule has 0 spiro atoms. The Kier molecular flexibility index (Phi) is 5.12. The Hall–Kier alpha value is -2.29. The zero-order valence-corrected chi connectivity index (χ0v) is 15.2. The molecule has 0 radical (unpaired) electrons. The van der Waals surface area contributed by atoms with Crippen LogP contribution in [0.15, 0.2) is 29.4 Å². The van der Waals surface area contributed by atoms with Gasteiger partial charge in [0.15, 0.2) is 11.5 Å². The monoisotopic (exact) mass is 363 g/mol. The van der Waals surface area contributed by atoms with Crippen LogP contribution in [0.4, 0.5) is 0 Å². The predicted octanol–water partition coefficient (Wildman–Crippen LogP) is 1.48. The Morgan fingerprint density at radius 2 is 2.12 bits per heavy atom. The molecule has 134 valence electrons. The van der Waals surface area contributed by atoms with Crippen molar-refractivity contribution in [2.75, 3.05) is 18.9 Å². The summed E-state index contributed by atoms with van der Waals surface area (Å²) < 4.78 is 13.2. The van der Waals surface area contributed by atoms with Crippen LogP contribution >= 0.6 is 11.8 Å². The fourth-order valence-corrected chi connectivity index (χ4v) is 3.15. The van der Waals surface area contributed by atoms with Gasteiger partial charge in [-0.25, -0.2) is 4.68 Å². The van der Waals surface area contributed by atoms with E-state index in [-0.39, 0.29) is 23.3 Å². The first-order valence-electron chi connectivity index (χ1n) is 8.00. The van der Waals surface area contributed by atoms with Crippen molar-refractivity contribution in [3.63, 3.8) is 0 Å². The fraction of sp³-hybridized carbons (Fsp3) is 0.500. The van der Waals surface area contributed by atoms with Crippen molar-refractivity contribution < 1.29 is 14.3 Å². The van der Waals surface area contributed by atoms with Crippen molar-refractivity contribution in [1.82, 2.24) is 25.5 Å². The third-order valence-corrected chi connectivity index (χ3v) is 4.42. The second-order valence-electron chi connectivity index (χ2n) is 6.63. The van der Waals surface area contributed by atoms with Crippen LogP contribution in [0.3, 0.4) is 0 Å². The van der Waals surface area contributed by atoms with Crippen LogP contribution in [0, 0.1) is 0 Å². The molecule has 1 aliphatic heterocycles. The number of carbonyl (C=O) groups excluding carboxylic acids is 1. The van der Waals surface area contributed by atoms with Crippen LogP contribution in [0.5, 0.6) is 11.5 Å². The lowest BCUT2D eigenvalue weighted by Gasteiger charge is -2.26. The SMILES string of the molecule is CC(C)(C)n1nnnc1SCC(=O)NCC1COc2ccccc2O1. The van der Waals surface area contributed by atoms with E-state index >= 15 is 0 Å². The van der Waals surface area contributed by atoms with Gasteiger partial charge in [0.05, 0.1) is 17.8 Å². The molecule has 2 aromatic rings. The van der Waals surface area contributed by atoms with Gasteiger partial charge in [-0.2, -0.15) is 0 Å². The quantitative estimate of drug-likeness (QED) is 0.805. The third kappa shape index (κ3) is 4.41. The van der Waals surface area contributed by atoms with Crippen LogP contribution in [0.2, 0.25) is 0 Å². The van der Waals surface area contributed by atoms with Crippen LogP contribution in [0.25, 0.3) is 0 Å². The normalized spacial score (nSPS) is 16.5. The number of tetrazole rings is 1. The van der Waals surface area contributed by atoms with Gasteiger partial charge < -0.3 is 14.8 Å². The average molecular weight is 363 g/mol. The highest BCUT2D eigenvalue weighted by Crippen LogP contribution is 2.30. The topological polar surface area (TPSA) is 91.2 Å². The molecule has 0 fully saturated rings. The fourth-order valence-electron chi connectivity index (χ4n) is 2.26. The van der Waals surface area contributed by atoms with E-state index < -0.39 is 0 Å². The molecule has 8 nitrogen and oxygen atoms in total. The van der Waals surface area contributed by atoms with Gasteiger partial charge in [-0.3, -0.25) is 4.79 Å². The molecule has 0 saturated carbocycles. The van der Waals surface area contributed by atoms with E-state index in [0.717, 1.165) is 5.75 Å². The molecule has 1 unspecified atom stereocenters. The number of nitrogens with zero attached hydrogens (tertiary/aromatic N) is 4. The minimum Gasteiger partial charge on any atom is -0.486 e. The predicted molar refractivity (Wildman–Crippen MR) is 92.9 cm³/mol. The Morgan fingerprint density at radius 1 is 1.36 bits per heavy atom. The minimum absolute atomic E-state index is 0.101. The van der Waals surface area contributed by atoms with E-state index in [1.165, 1.54) is 11.8 Å². The molecule has 1 amide bonds. The number of ether oxygens (including phenoxy) is 2. The van der Waals surface area contributed by atoms with Crippen molar-refractivity contribution in [3.8, 4) is 11.5 Å². The first-order valence-corrected chi connectivity index (χ1v) is 8.99. The lowest BCUT2D eigenvalue weighted by molar-refractivity contribution is -0.119. The van der Waals surface area contributed by atoms with E-state index in [2.05, 4.69) is 20.8 Å². The number of carbonyl (C=O) groups is 1. The molecule has 0 aliphatic carbocycles. The molecule has 2 heterocycles. The second kappa shape index (κ2) is 7.30. The molecular formula is C16H21N5O3S. The van der Waals surface area contributed by atoms with Gasteiger partial charge in [0.2, 0.25) is 11.1 Å². The summed E-state index contributed by atoms with van der Waals surface area (Å²) >= 11 is 1.31. The maximum absolute atomic E-state index is 12.1. The molecule has 1 N–H and O–H groups in total. The molecule has 3 rings (SSSR count). The molecule has 0 saturated heterocycles. The number of thioether (sulfide) groups is 1. The number of hydrogen-bond donors (Lipinski definition) is 1. The minimum atomic E-state index is -0.233. The van der Waals surface area contributed by atoms with Crippen molar-refractivity contribution >= 4 is 17.7 Å². The largest absolute Gasteiger partial charge is 0.486 e. The number of aromatic nitrogens is 4. The zero-order valence-electron chi connectivity index (χ0n) is 14.4. The highest BCUT2D eigenvalue weighted by Gasteiger charge is 2.22. The van der Waals surface area contributed by atoms with Gasteiger partial charge >= 0.3 is 0 Å². The summed E-state index contributed by atoms with van der Waals surface area (Å²) in [4.78, 5) is 12.1. The van der Waals surface area contributed by atoms with E-state index in [0.29, 0.717) is 24.1 Å². The highest BCUT2D eigenvalue weighted by atomic mass is 32.2. The lowest BCUT2D eigenvalue weighted by Crippen LogP contribution is -2.41. The second-order valence-corrected chi connectivity index (χ2v) is 7.58. The number of para-hydroxylation sites is 2. The summed E-state index contributed by atoms with van der Waals surface area (Å²) in [5, 5.41) is 15.1. The van der Waals surface area contributed by atoms with Crippen LogP contribution < -0.4 is 14.8 Å². The smallest absolute Gasteiger partial charge is 0.230 e. The van der Waals surface area contributed by atoms with Crippen LogP contribution in [-0.2, 0) is 10.3 Å². The average Bonchev–Trinajstić information content (AvgIpc) is 3.07. The Labute approximate surface area is 150 Å². The maximum Gasteiger partial charge on any atom is 0.230 e. The van der Waals surface area contributed by atoms with E-state index in [4.69, 9.17) is 9.47 Å². The van der Waals surface area contributed by atoms with Gasteiger partial charge in [-0.1, -0.05) is 23.9 Å².